The van der Waals surface area contributed by atoms with Gasteiger partial charge in [0.15, 0.2) is 23.3 Å². The van der Waals surface area contributed by atoms with E-state index in [0.717, 1.165) is 43.8 Å². The van der Waals surface area contributed by atoms with E-state index in [9.17, 15) is 31.5 Å². The fraction of sp³-hybridized carbons (Fsp3) is 0.217. The van der Waals surface area contributed by atoms with Crippen molar-refractivity contribution in [3.8, 4) is 0 Å². The molecule has 0 atom stereocenters. The molecule has 4 rings (SSSR count). The third-order valence-corrected chi connectivity index (χ3v) is 6.66. The standard InChI is InChI=1S/C23H20F4N4O4S/c1-28-36(34,35)31-22-19(26)13(6-7-29-22)8-14-9-15(23(32)33)21(20(27)18(14)25)30-17-5-4-12(10-16(17)24)11-2-3-11/h4-7,9-11,28,30H,2-3,8H2,1H3,(H,29,31)(H,32,33). The van der Waals surface area contributed by atoms with Crippen molar-refractivity contribution < 1.29 is 35.9 Å². The van der Waals surface area contributed by atoms with Gasteiger partial charge in [-0.2, -0.15) is 8.42 Å². The van der Waals surface area contributed by atoms with Crippen LogP contribution in [0, 0.1) is 23.3 Å². The van der Waals surface area contributed by atoms with Gasteiger partial charge in [-0.25, -0.2) is 32.1 Å². The molecule has 2 aromatic carbocycles. The van der Waals surface area contributed by atoms with E-state index < -0.39 is 68.5 Å². The highest BCUT2D eigenvalue weighted by atomic mass is 32.2. The first-order chi connectivity index (χ1) is 17.0. The lowest BCUT2D eigenvalue weighted by atomic mass is 10.00. The molecule has 1 aromatic heterocycles. The molecule has 0 spiro atoms. The lowest BCUT2D eigenvalue weighted by Crippen LogP contribution is -2.27. The second-order valence-electron chi connectivity index (χ2n) is 8.15. The molecule has 190 valence electrons. The Bertz CT molecular complexity index is 1460. The topological polar surface area (TPSA) is 120 Å². The van der Waals surface area contributed by atoms with Crippen LogP contribution in [0.2, 0.25) is 0 Å². The average Bonchev–Trinajstić information content (AvgIpc) is 3.67. The highest BCUT2D eigenvalue weighted by molar-refractivity contribution is 7.90. The van der Waals surface area contributed by atoms with E-state index in [1.807, 2.05) is 9.44 Å². The zero-order valence-corrected chi connectivity index (χ0v) is 19.5. The summed E-state index contributed by atoms with van der Waals surface area (Å²) in [4.78, 5) is 15.4. The molecular weight excluding hydrogens is 504 g/mol. The summed E-state index contributed by atoms with van der Waals surface area (Å²) in [5, 5.41) is 11.9. The van der Waals surface area contributed by atoms with Crippen LogP contribution in [0.15, 0.2) is 36.5 Å². The normalized spacial score (nSPS) is 13.5. The number of benzene rings is 2. The number of hydrogen-bond acceptors (Lipinski definition) is 5. The number of nitrogens with one attached hydrogen (secondary N) is 3. The second-order valence-corrected chi connectivity index (χ2v) is 9.77. The number of rotatable bonds is 9. The Hall–Kier alpha value is -3.71. The largest absolute Gasteiger partial charge is 0.478 e. The van der Waals surface area contributed by atoms with Crippen LogP contribution in [-0.2, 0) is 16.6 Å². The maximum absolute atomic E-state index is 15.0. The fourth-order valence-corrected chi connectivity index (χ4v) is 4.11. The summed E-state index contributed by atoms with van der Waals surface area (Å²) in [7, 11) is -3.03. The van der Waals surface area contributed by atoms with Crippen molar-refractivity contribution in [1.82, 2.24) is 9.71 Å². The molecule has 13 heteroatoms. The number of carboxylic acids is 1. The molecule has 4 N–H and O–H groups in total. The summed E-state index contributed by atoms with van der Waals surface area (Å²) < 4.78 is 86.4. The van der Waals surface area contributed by atoms with Crippen molar-refractivity contribution in [2.75, 3.05) is 17.1 Å². The van der Waals surface area contributed by atoms with Crippen LogP contribution in [0.4, 0.5) is 34.8 Å². The van der Waals surface area contributed by atoms with Crippen LogP contribution in [-0.4, -0.2) is 31.5 Å². The molecule has 0 radical (unpaired) electrons. The molecule has 0 aliphatic heterocycles. The van der Waals surface area contributed by atoms with E-state index in [4.69, 9.17) is 0 Å². The molecule has 0 unspecified atom stereocenters. The third-order valence-electron chi connectivity index (χ3n) is 5.66. The Labute approximate surface area is 203 Å². The summed E-state index contributed by atoms with van der Waals surface area (Å²) in [6.45, 7) is 0. The van der Waals surface area contributed by atoms with Gasteiger partial charge in [0.25, 0.3) is 10.2 Å². The molecule has 1 aliphatic rings. The average molecular weight is 524 g/mol. The summed E-state index contributed by atoms with van der Waals surface area (Å²) in [6.07, 6.45) is 2.27. The van der Waals surface area contributed by atoms with Crippen LogP contribution in [0.1, 0.15) is 45.8 Å². The smallest absolute Gasteiger partial charge is 0.337 e. The minimum atomic E-state index is -4.11. The number of hydrogen-bond donors (Lipinski definition) is 4. The van der Waals surface area contributed by atoms with E-state index >= 15 is 4.39 Å². The molecule has 0 saturated heterocycles. The van der Waals surface area contributed by atoms with Gasteiger partial charge < -0.3 is 10.4 Å². The summed E-state index contributed by atoms with van der Waals surface area (Å²) >= 11 is 0. The lowest BCUT2D eigenvalue weighted by molar-refractivity contribution is 0.0697. The quantitative estimate of drug-likeness (QED) is 0.308. The van der Waals surface area contributed by atoms with Gasteiger partial charge in [-0.1, -0.05) is 6.07 Å². The number of pyridine rings is 1. The van der Waals surface area contributed by atoms with Gasteiger partial charge in [0.1, 0.15) is 5.82 Å². The second kappa shape index (κ2) is 9.74. The Morgan fingerprint density at radius 1 is 1.06 bits per heavy atom. The number of carbonyl (C=O) groups is 1. The van der Waals surface area contributed by atoms with Gasteiger partial charge in [-0.15, -0.1) is 0 Å². The summed E-state index contributed by atoms with van der Waals surface area (Å²) in [5.74, 6) is -7.07. The molecule has 1 aliphatic carbocycles. The molecule has 3 aromatic rings. The summed E-state index contributed by atoms with van der Waals surface area (Å²) in [6, 6.07) is 6.11. The number of carboxylic acid groups (broad SMARTS) is 1. The van der Waals surface area contributed by atoms with Gasteiger partial charge in [-0.05, 0) is 59.7 Å². The molecule has 36 heavy (non-hydrogen) atoms. The summed E-state index contributed by atoms with van der Waals surface area (Å²) in [5.41, 5.74) is -1.79. The van der Waals surface area contributed by atoms with Gasteiger partial charge in [0.05, 0.1) is 16.9 Å². The van der Waals surface area contributed by atoms with Crippen molar-refractivity contribution >= 4 is 33.4 Å². The van der Waals surface area contributed by atoms with E-state index in [-0.39, 0.29) is 17.2 Å². The zero-order valence-electron chi connectivity index (χ0n) is 18.7. The highest BCUT2D eigenvalue weighted by Gasteiger charge is 2.27. The van der Waals surface area contributed by atoms with E-state index in [1.54, 1.807) is 6.07 Å². The minimum absolute atomic E-state index is 0.241. The molecule has 8 nitrogen and oxygen atoms in total. The van der Waals surface area contributed by atoms with Crippen molar-refractivity contribution in [2.45, 2.75) is 25.2 Å². The van der Waals surface area contributed by atoms with E-state index in [2.05, 4.69) is 10.3 Å². The van der Waals surface area contributed by atoms with Gasteiger partial charge >= 0.3 is 5.97 Å². The third kappa shape index (κ3) is 5.26. The number of aromatic carboxylic acids is 1. The van der Waals surface area contributed by atoms with Gasteiger partial charge in [0.2, 0.25) is 0 Å². The lowest BCUT2D eigenvalue weighted by Gasteiger charge is -2.16. The predicted octanol–water partition coefficient (Wildman–Crippen LogP) is 4.42. The molecule has 0 amide bonds. The van der Waals surface area contributed by atoms with E-state index in [1.165, 1.54) is 12.1 Å². The zero-order chi connectivity index (χ0) is 26.2. The first-order valence-corrected chi connectivity index (χ1v) is 12.1. The number of aromatic nitrogens is 1. The highest BCUT2D eigenvalue weighted by Crippen LogP contribution is 2.41. The van der Waals surface area contributed by atoms with Crippen molar-refractivity contribution in [2.24, 2.45) is 0 Å². The van der Waals surface area contributed by atoms with Crippen LogP contribution in [0.5, 0.6) is 0 Å². The van der Waals surface area contributed by atoms with Crippen molar-refractivity contribution in [3.63, 3.8) is 0 Å². The van der Waals surface area contributed by atoms with Crippen molar-refractivity contribution in [3.05, 3.63) is 82.1 Å². The number of nitrogens with zero attached hydrogens (tertiary/aromatic N) is 1. The van der Waals surface area contributed by atoms with Gasteiger partial charge in [0, 0.05) is 19.7 Å². The Balaban J connectivity index is 1.69. The maximum Gasteiger partial charge on any atom is 0.337 e. The van der Waals surface area contributed by atoms with Gasteiger partial charge in [-0.3, -0.25) is 4.72 Å². The van der Waals surface area contributed by atoms with Crippen LogP contribution < -0.4 is 14.8 Å². The predicted molar refractivity (Wildman–Crippen MR) is 124 cm³/mol. The van der Waals surface area contributed by atoms with E-state index in [0.29, 0.717) is 0 Å². The number of anilines is 3. The molecule has 1 heterocycles. The number of halogens is 4. The van der Waals surface area contributed by atoms with Crippen LogP contribution >= 0.6 is 0 Å². The van der Waals surface area contributed by atoms with Crippen LogP contribution in [0.3, 0.4) is 0 Å². The Morgan fingerprint density at radius 3 is 2.39 bits per heavy atom. The SMILES string of the molecule is CNS(=O)(=O)Nc1nccc(Cc2cc(C(=O)O)c(Nc3ccc(C4CC4)cc3F)c(F)c2F)c1F. The monoisotopic (exact) mass is 524 g/mol. The first kappa shape index (κ1) is 25.4. The Kier molecular flexibility index (Phi) is 6.87. The molecule has 0 bridgehead atoms. The maximum atomic E-state index is 15.0. The minimum Gasteiger partial charge on any atom is -0.478 e. The first-order valence-electron chi connectivity index (χ1n) is 10.7. The Morgan fingerprint density at radius 2 is 1.78 bits per heavy atom. The van der Waals surface area contributed by atoms with Crippen LogP contribution in [0.25, 0.3) is 0 Å². The molecule has 1 fully saturated rings. The fourth-order valence-electron chi connectivity index (χ4n) is 3.61. The molecule has 1 saturated carbocycles. The van der Waals surface area contributed by atoms with Crippen molar-refractivity contribution in [1.29, 1.82) is 0 Å². The molecular formula is C23H20F4N4O4S.